The van der Waals surface area contributed by atoms with Crippen molar-refractivity contribution in [2.45, 2.75) is 0 Å². The van der Waals surface area contributed by atoms with Gasteiger partial charge < -0.3 is 0 Å². The van der Waals surface area contributed by atoms with Crippen LogP contribution in [0.1, 0.15) is 0 Å². The molecule has 314 valence electrons. The Balaban J connectivity index is 1.03. The first-order chi connectivity index (χ1) is 33.7. The van der Waals surface area contributed by atoms with Gasteiger partial charge in [0.2, 0.25) is 0 Å². The molecule has 0 bridgehead atoms. The van der Waals surface area contributed by atoms with Crippen LogP contribution in [-0.2, 0) is 0 Å². The van der Waals surface area contributed by atoms with Gasteiger partial charge in [-0.15, -0.1) is 0 Å². The Morgan fingerprint density at radius 3 is 1.49 bits per heavy atom. The highest BCUT2D eigenvalue weighted by atomic mass is 14.9. The third kappa shape index (κ3) is 6.10. The third-order valence-electron chi connectivity index (χ3n) is 14.0. The number of rotatable bonds is 5. The molecule has 68 heavy (non-hydrogen) atoms. The van der Waals surface area contributed by atoms with E-state index >= 15 is 0 Å². The Morgan fingerprint density at radius 2 is 0.765 bits per heavy atom. The van der Waals surface area contributed by atoms with Gasteiger partial charge in [0.05, 0.1) is 22.6 Å². The summed E-state index contributed by atoms with van der Waals surface area (Å²) < 4.78 is 0. The summed E-state index contributed by atoms with van der Waals surface area (Å²) in [6.07, 6.45) is 0. The minimum Gasteiger partial charge on any atom is -0.247 e. The zero-order valence-corrected chi connectivity index (χ0v) is 36.9. The van der Waals surface area contributed by atoms with Crippen LogP contribution in [0.5, 0.6) is 0 Å². The van der Waals surface area contributed by atoms with Crippen molar-refractivity contribution >= 4 is 86.3 Å². The molecule has 0 aliphatic heterocycles. The molecule has 0 radical (unpaired) electrons. The number of fused-ring (bicyclic) bond motifs is 12. The van der Waals surface area contributed by atoms with Gasteiger partial charge in [0.25, 0.3) is 0 Å². The van der Waals surface area contributed by atoms with Crippen molar-refractivity contribution in [3.63, 3.8) is 0 Å². The van der Waals surface area contributed by atoms with Gasteiger partial charge in [0.15, 0.2) is 5.82 Å². The predicted octanol–water partition coefficient (Wildman–Crippen LogP) is 17.4. The second-order valence-corrected chi connectivity index (χ2v) is 17.9. The fourth-order valence-electron chi connectivity index (χ4n) is 10.8. The van der Waals surface area contributed by atoms with E-state index in [0.29, 0.717) is 5.82 Å². The van der Waals surface area contributed by atoms with Crippen LogP contribution in [0.15, 0.2) is 237 Å². The zero-order valence-electron chi connectivity index (χ0n) is 36.9. The molecule has 14 rings (SSSR count). The van der Waals surface area contributed by atoms with E-state index in [2.05, 4.69) is 237 Å². The van der Waals surface area contributed by atoms with Gasteiger partial charge in [0, 0.05) is 38.4 Å². The van der Waals surface area contributed by atoms with Crippen LogP contribution < -0.4 is 0 Å². The first kappa shape index (κ1) is 38.2. The first-order valence-electron chi connectivity index (χ1n) is 23.3. The van der Waals surface area contributed by atoms with E-state index in [1.54, 1.807) is 0 Å². The Hall–Kier alpha value is -9.05. The van der Waals surface area contributed by atoms with Crippen molar-refractivity contribution in [3.05, 3.63) is 237 Å². The summed E-state index contributed by atoms with van der Waals surface area (Å²) in [4.78, 5) is 16.5. The van der Waals surface area contributed by atoms with Gasteiger partial charge in [0.1, 0.15) is 0 Å². The van der Waals surface area contributed by atoms with Gasteiger partial charge in [-0.3, -0.25) is 0 Å². The molecule has 0 amide bonds. The van der Waals surface area contributed by atoms with Crippen LogP contribution in [0.4, 0.5) is 0 Å². The van der Waals surface area contributed by atoms with Crippen LogP contribution in [0.2, 0.25) is 0 Å². The molecule has 14 aromatic rings. The Kier molecular flexibility index (Phi) is 8.59. The Labute approximate surface area is 392 Å². The normalized spacial score (nSPS) is 11.8. The largest absolute Gasteiger partial charge is 0.247 e. The van der Waals surface area contributed by atoms with Crippen molar-refractivity contribution in [1.29, 1.82) is 0 Å². The minimum absolute atomic E-state index is 0.691. The molecule has 3 nitrogen and oxygen atoms in total. The number of hydrogen-bond donors (Lipinski definition) is 0. The van der Waals surface area contributed by atoms with Gasteiger partial charge in [-0.2, -0.15) is 0 Å². The van der Waals surface area contributed by atoms with Crippen molar-refractivity contribution < 1.29 is 0 Å². The van der Waals surface area contributed by atoms with E-state index in [9.17, 15) is 0 Å². The van der Waals surface area contributed by atoms with Crippen LogP contribution >= 0.6 is 0 Å². The maximum atomic E-state index is 5.54. The average molecular weight is 862 g/mol. The summed E-state index contributed by atoms with van der Waals surface area (Å²) >= 11 is 0. The lowest BCUT2D eigenvalue weighted by molar-refractivity contribution is 1.19. The standard InChI is InChI=1S/C65H39N3/c1-2-17-41-34-46(33-32-40(41)16-1)64-59-38-56(53-28-11-12-29-54(53)63(59)55-30-13-14-31-60(55)66-64)42-20-15-21-45(35-42)61-39-62(57-36-43-18-3-5-22-47(43)49-24-7-9-26-51(49)57)68-65(67-61)58-37-44-19-4-6-23-48(44)50-25-8-10-27-52(50)58/h1-39H. The molecule has 2 aromatic heterocycles. The lowest BCUT2D eigenvalue weighted by Crippen LogP contribution is -1.98. The van der Waals surface area contributed by atoms with Crippen molar-refractivity contribution in [1.82, 2.24) is 15.0 Å². The molecular weight excluding hydrogens is 823 g/mol. The predicted molar refractivity (Wildman–Crippen MR) is 287 cm³/mol. The maximum Gasteiger partial charge on any atom is 0.161 e. The fraction of sp³-hybridized carbons (Fsp3) is 0. The van der Waals surface area contributed by atoms with Gasteiger partial charge in [-0.25, -0.2) is 15.0 Å². The van der Waals surface area contributed by atoms with Crippen LogP contribution in [0.25, 0.3) is 143 Å². The third-order valence-corrected chi connectivity index (χ3v) is 14.0. The van der Waals surface area contributed by atoms with Crippen molar-refractivity contribution in [2.75, 3.05) is 0 Å². The lowest BCUT2D eigenvalue weighted by atomic mass is 9.89. The highest BCUT2D eigenvalue weighted by Crippen LogP contribution is 2.44. The molecule has 0 aliphatic carbocycles. The monoisotopic (exact) mass is 861 g/mol. The fourth-order valence-corrected chi connectivity index (χ4v) is 10.8. The Morgan fingerprint density at radius 1 is 0.235 bits per heavy atom. The number of benzene rings is 12. The van der Waals surface area contributed by atoms with E-state index in [0.717, 1.165) is 82.9 Å². The molecule has 0 N–H and O–H groups in total. The van der Waals surface area contributed by atoms with Crippen molar-refractivity contribution in [2.24, 2.45) is 0 Å². The molecule has 0 saturated carbocycles. The lowest BCUT2D eigenvalue weighted by Gasteiger charge is -2.17. The van der Waals surface area contributed by atoms with Gasteiger partial charge >= 0.3 is 0 Å². The minimum atomic E-state index is 0.691. The van der Waals surface area contributed by atoms with E-state index in [1.807, 2.05) is 0 Å². The van der Waals surface area contributed by atoms with Gasteiger partial charge in [-0.05, 0) is 118 Å². The van der Waals surface area contributed by atoms with E-state index in [1.165, 1.54) is 53.9 Å². The van der Waals surface area contributed by atoms with Crippen LogP contribution in [0.3, 0.4) is 0 Å². The van der Waals surface area contributed by atoms with E-state index in [4.69, 9.17) is 15.0 Å². The summed E-state index contributed by atoms with van der Waals surface area (Å²) in [7, 11) is 0. The van der Waals surface area contributed by atoms with Crippen LogP contribution in [0, 0.1) is 0 Å². The molecule has 0 unspecified atom stereocenters. The molecule has 0 spiro atoms. The molecule has 0 saturated heterocycles. The molecule has 3 heteroatoms. The average Bonchev–Trinajstić information content (AvgIpc) is 3.41. The first-order valence-corrected chi connectivity index (χ1v) is 23.3. The summed E-state index contributed by atoms with van der Waals surface area (Å²) in [6.45, 7) is 0. The maximum absolute atomic E-state index is 5.54. The Bertz CT molecular complexity index is 4260. The highest BCUT2D eigenvalue weighted by molar-refractivity contribution is 6.25. The van der Waals surface area contributed by atoms with Crippen LogP contribution in [-0.4, -0.2) is 15.0 Å². The molecule has 0 aliphatic rings. The molecular formula is C65H39N3. The summed E-state index contributed by atoms with van der Waals surface area (Å²) in [6, 6.07) is 85.3. The summed E-state index contributed by atoms with van der Waals surface area (Å²) in [5.74, 6) is 0.691. The number of aromatic nitrogens is 3. The molecule has 0 atom stereocenters. The molecule has 12 aromatic carbocycles. The van der Waals surface area contributed by atoms with Gasteiger partial charge in [-0.1, -0.05) is 194 Å². The number of nitrogens with zero attached hydrogens (tertiary/aromatic N) is 3. The quantitative estimate of drug-likeness (QED) is 0.162. The number of para-hydroxylation sites is 1. The van der Waals surface area contributed by atoms with Crippen molar-refractivity contribution in [3.8, 4) is 56.3 Å². The summed E-state index contributed by atoms with van der Waals surface area (Å²) in [5, 5.41) is 17.7. The highest BCUT2D eigenvalue weighted by Gasteiger charge is 2.20. The second kappa shape index (κ2) is 15.3. The SMILES string of the molecule is c1cc(-c2cc(-c3cc4ccccc4c4ccccc34)nc(-c3cc4ccccc4c4ccccc34)n2)cc(-c2cc3c(-c4ccc5ccccc5c4)nc4ccccc4c3c3ccccc23)c1. The van der Waals surface area contributed by atoms with E-state index < -0.39 is 0 Å². The molecule has 0 fully saturated rings. The topological polar surface area (TPSA) is 38.7 Å². The number of hydrogen-bond acceptors (Lipinski definition) is 3. The zero-order chi connectivity index (χ0) is 44.7. The molecule has 2 heterocycles. The second-order valence-electron chi connectivity index (χ2n) is 17.9. The number of pyridine rings is 1. The van der Waals surface area contributed by atoms with E-state index in [-0.39, 0.29) is 0 Å². The summed E-state index contributed by atoms with van der Waals surface area (Å²) in [5.41, 5.74) is 10.1. The smallest absolute Gasteiger partial charge is 0.161 e.